The molecule has 0 amide bonds. The molecular weight excluding hydrogens is 684 g/mol. The summed E-state index contributed by atoms with van der Waals surface area (Å²) in [7, 11) is 0. The van der Waals surface area contributed by atoms with Gasteiger partial charge in [0.15, 0.2) is 24.8 Å². The number of aliphatic hydroxyl groups is 6. The van der Waals surface area contributed by atoms with Gasteiger partial charge in [0.25, 0.3) is 0 Å². The van der Waals surface area contributed by atoms with Crippen LogP contribution in [-0.2, 0) is 33.2 Å². The number of nitrogens with two attached hydrogens (primary N) is 8. The van der Waals surface area contributed by atoms with Crippen LogP contribution in [0.25, 0.3) is 0 Å². The number of ether oxygens (including phenoxy) is 7. The highest BCUT2D eigenvalue weighted by Gasteiger charge is 2.54. The lowest BCUT2D eigenvalue weighted by molar-refractivity contribution is -0.310. The molecule has 4 rings (SSSR count). The minimum Gasteiger partial charge on any atom is -0.394 e. The van der Waals surface area contributed by atoms with Crippen molar-refractivity contribution in [3.05, 3.63) is 0 Å². The van der Waals surface area contributed by atoms with Crippen LogP contribution < -0.4 is 51.2 Å². The van der Waals surface area contributed by atoms with E-state index < -0.39 is 123 Å². The maximum atomic E-state index is 11.3. The average Bonchev–Trinajstić information content (AvgIpc) is 3.40. The van der Waals surface area contributed by atoms with Crippen molar-refractivity contribution in [3.63, 3.8) is 0 Å². The molecule has 23 heteroatoms. The number of aliphatic hydroxyl groups excluding tert-OH is 6. The monoisotopic (exact) mass is 742 g/mol. The van der Waals surface area contributed by atoms with Crippen molar-refractivity contribution in [1.82, 2.24) is 5.32 Å². The van der Waals surface area contributed by atoms with E-state index in [1.54, 1.807) is 0 Å². The summed E-state index contributed by atoms with van der Waals surface area (Å²) in [5.74, 6) is -0.0165. The Kier molecular flexibility index (Phi) is 15.9. The first kappa shape index (κ1) is 42.2. The van der Waals surface area contributed by atoms with Gasteiger partial charge in [-0.05, 0) is 6.42 Å². The first-order valence-corrected chi connectivity index (χ1v) is 17.0. The Morgan fingerprint density at radius 3 is 1.86 bits per heavy atom. The molecule has 0 aromatic rings. The second-order valence-electron chi connectivity index (χ2n) is 13.1. The zero-order valence-electron chi connectivity index (χ0n) is 28.2. The summed E-state index contributed by atoms with van der Waals surface area (Å²) in [4.78, 5) is 3.87. The molecule has 3 aliphatic heterocycles. The van der Waals surface area contributed by atoms with Crippen LogP contribution in [0.2, 0.25) is 0 Å². The van der Waals surface area contributed by atoms with Crippen LogP contribution in [0.5, 0.6) is 0 Å². The summed E-state index contributed by atoms with van der Waals surface area (Å²) in [6.07, 6.45) is -19.1. The van der Waals surface area contributed by atoms with E-state index in [4.69, 9.17) is 79.0 Å². The highest BCUT2D eigenvalue weighted by Crippen LogP contribution is 2.34. The molecule has 0 aromatic heterocycles. The smallest absolute Gasteiger partial charge is 0.187 e. The first-order valence-electron chi connectivity index (χ1n) is 17.0. The molecule has 3 heterocycles. The Morgan fingerprint density at radius 2 is 1.24 bits per heavy atom. The zero-order chi connectivity index (χ0) is 37.6. The van der Waals surface area contributed by atoms with E-state index in [2.05, 4.69) is 10.3 Å². The van der Waals surface area contributed by atoms with Gasteiger partial charge in [-0.2, -0.15) is 0 Å². The number of aliphatic imine (C=N–C) groups is 1. The quantitative estimate of drug-likeness (QED) is 0.0396. The van der Waals surface area contributed by atoms with Crippen molar-refractivity contribution in [2.45, 2.75) is 123 Å². The van der Waals surface area contributed by atoms with Gasteiger partial charge in [0.2, 0.25) is 0 Å². The maximum absolute atomic E-state index is 11.3. The summed E-state index contributed by atoms with van der Waals surface area (Å²) in [6.45, 7) is 0.553. The van der Waals surface area contributed by atoms with Crippen LogP contribution in [0.3, 0.4) is 0 Å². The number of hydrogen-bond acceptors (Lipinski definition) is 21. The lowest BCUT2D eigenvalue weighted by Crippen LogP contribution is -2.68. The summed E-state index contributed by atoms with van der Waals surface area (Å²) in [6, 6.07) is -4.15. The summed E-state index contributed by atoms with van der Waals surface area (Å²) in [5.41, 5.74) is 47.2. The van der Waals surface area contributed by atoms with E-state index in [1.807, 2.05) is 0 Å². The number of rotatable bonds is 16. The summed E-state index contributed by atoms with van der Waals surface area (Å²) >= 11 is 0. The molecule has 0 spiro atoms. The molecule has 0 radical (unpaired) electrons. The van der Waals surface area contributed by atoms with Gasteiger partial charge in [0.1, 0.15) is 67.1 Å². The van der Waals surface area contributed by atoms with Gasteiger partial charge in [-0.25, -0.2) is 0 Å². The molecule has 0 aromatic carbocycles. The van der Waals surface area contributed by atoms with Gasteiger partial charge in [-0.3, -0.25) is 4.99 Å². The van der Waals surface area contributed by atoms with Crippen LogP contribution in [0.1, 0.15) is 6.42 Å². The first-order chi connectivity index (χ1) is 24.2. The van der Waals surface area contributed by atoms with Gasteiger partial charge < -0.3 is 115 Å². The van der Waals surface area contributed by atoms with Crippen LogP contribution >= 0.6 is 0 Å². The molecule has 1 saturated carbocycles. The third kappa shape index (κ3) is 9.97. The van der Waals surface area contributed by atoms with E-state index >= 15 is 0 Å². The third-order valence-corrected chi connectivity index (χ3v) is 9.52. The predicted octanol–water partition coefficient (Wildman–Crippen LogP) is -10.0. The van der Waals surface area contributed by atoms with Crippen LogP contribution in [-0.4, -0.2) is 199 Å². The Hall–Kier alpha value is -1.53. The molecule has 23 N–H and O–H groups in total. The molecule has 19 atom stereocenters. The number of nitrogens with zero attached hydrogens (tertiary/aromatic N) is 1. The Balaban J connectivity index is 1.41. The van der Waals surface area contributed by atoms with Gasteiger partial charge >= 0.3 is 0 Å². The minimum absolute atomic E-state index is 0.0165. The molecule has 23 nitrogen and oxygen atoms in total. The largest absolute Gasteiger partial charge is 0.394 e. The number of guanidine groups is 1. The number of hydrogen-bond donors (Lipinski definition) is 15. The van der Waals surface area contributed by atoms with E-state index in [9.17, 15) is 30.6 Å². The highest BCUT2D eigenvalue weighted by atomic mass is 16.8. The molecule has 51 heavy (non-hydrogen) atoms. The predicted molar refractivity (Wildman–Crippen MR) is 176 cm³/mol. The van der Waals surface area contributed by atoms with Crippen LogP contribution in [0.4, 0.5) is 0 Å². The molecule has 4 aliphatic rings. The van der Waals surface area contributed by atoms with E-state index in [1.165, 1.54) is 0 Å². The Bertz CT molecular complexity index is 1090. The van der Waals surface area contributed by atoms with E-state index in [0.717, 1.165) is 0 Å². The minimum atomic E-state index is -1.61. The third-order valence-electron chi connectivity index (χ3n) is 9.52. The molecule has 3 saturated heterocycles. The zero-order valence-corrected chi connectivity index (χ0v) is 28.2. The lowest BCUT2D eigenvalue weighted by Gasteiger charge is -2.48. The standard InChI is InChI=1S/C28H58N10O13/c29-6-11-17(41)18(42)14(33)25(46-11)50-23-13(8-39)48-27(20(23)44)51-24-16(40)9(31)5-10(32)21(24)49-26-15(34)19(43)22(12(7-30)47-26)45-4-3-37-1-2-38-28(35)36/h9-27,37,39-44H,1-8,29-34H2,(H4,35,36,38)/t9-,10?,11+,12?,13-,14-,15?,16?,17?,18?,19-,20?,21-,22-,23+,24-,25?,26-,27?/m1/s1. The highest BCUT2D eigenvalue weighted by molar-refractivity contribution is 5.75. The van der Waals surface area contributed by atoms with Crippen molar-refractivity contribution >= 4 is 5.96 Å². The molecule has 4 fully saturated rings. The fourth-order valence-corrected chi connectivity index (χ4v) is 6.59. The average molecular weight is 743 g/mol. The lowest BCUT2D eigenvalue weighted by atomic mass is 9.84. The van der Waals surface area contributed by atoms with Crippen LogP contribution in [0.15, 0.2) is 4.99 Å². The van der Waals surface area contributed by atoms with Crippen molar-refractivity contribution in [3.8, 4) is 0 Å². The summed E-state index contributed by atoms with van der Waals surface area (Å²) in [5, 5.41) is 67.3. The van der Waals surface area contributed by atoms with Gasteiger partial charge in [-0.15, -0.1) is 0 Å². The molecule has 298 valence electrons. The Labute approximate surface area is 294 Å². The molecule has 9 unspecified atom stereocenters. The second-order valence-corrected chi connectivity index (χ2v) is 13.1. The molecular formula is C28H58N10O13. The fourth-order valence-electron chi connectivity index (χ4n) is 6.59. The topological polar surface area (TPSA) is 419 Å². The van der Waals surface area contributed by atoms with Gasteiger partial charge in [0, 0.05) is 38.3 Å². The Morgan fingerprint density at radius 1 is 0.647 bits per heavy atom. The normalized spacial score (nSPS) is 46.2. The van der Waals surface area contributed by atoms with Crippen molar-refractivity contribution < 1.29 is 63.8 Å². The van der Waals surface area contributed by atoms with E-state index in [0.29, 0.717) is 19.6 Å². The van der Waals surface area contributed by atoms with Crippen molar-refractivity contribution in [2.24, 2.45) is 50.9 Å². The summed E-state index contributed by atoms with van der Waals surface area (Å²) < 4.78 is 41.4. The van der Waals surface area contributed by atoms with E-state index in [-0.39, 0.29) is 32.1 Å². The van der Waals surface area contributed by atoms with Gasteiger partial charge in [0.05, 0.1) is 37.9 Å². The van der Waals surface area contributed by atoms with Crippen molar-refractivity contribution in [1.29, 1.82) is 0 Å². The maximum Gasteiger partial charge on any atom is 0.187 e. The molecule has 1 aliphatic carbocycles. The fraction of sp³-hybridized carbons (Fsp3) is 0.964. The second kappa shape index (κ2) is 19.2. The van der Waals surface area contributed by atoms with Crippen LogP contribution in [0, 0.1) is 0 Å². The SMILES string of the molecule is NCC1O[C@H](O[C@@H]2C(N)C[C@@H](N)C(O)[C@H]2OC2O[C@H](CO)[C@H](OC3O[C@@H](CN)C(O)C(O)[C@H]3N)C2O)C(N)[C@@H](O)[C@@H]1OCCNCCN=C(N)N. The number of nitrogens with one attached hydrogen (secondary N) is 1. The van der Waals surface area contributed by atoms with Crippen molar-refractivity contribution in [2.75, 3.05) is 45.9 Å². The molecule has 0 bridgehead atoms. The van der Waals surface area contributed by atoms with Gasteiger partial charge in [-0.1, -0.05) is 0 Å².